The molecule has 0 atom stereocenters. The van der Waals surface area contributed by atoms with Crippen LogP contribution in [0.15, 0.2) is 36.8 Å². The quantitative estimate of drug-likeness (QED) is 0.472. The number of nitrogens with zero attached hydrogens (tertiary/aromatic N) is 3. The molecule has 30 heavy (non-hydrogen) atoms. The maximum atomic E-state index is 12.4. The number of hydrogen-bond acceptors (Lipinski definition) is 7. The second-order valence-corrected chi connectivity index (χ2v) is 6.81. The number of H-pyrrole nitrogens is 1. The van der Waals surface area contributed by atoms with Gasteiger partial charge in [-0.05, 0) is 25.0 Å². The molecular weight excluding hydrogens is 386 g/mol. The fourth-order valence-corrected chi connectivity index (χ4v) is 3.04. The van der Waals surface area contributed by atoms with Crippen LogP contribution in [0.4, 0.5) is 17.2 Å². The zero-order valence-corrected chi connectivity index (χ0v) is 16.5. The Morgan fingerprint density at radius 2 is 2.07 bits per heavy atom. The highest BCUT2D eigenvalue weighted by molar-refractivity contribution is 6.01. The molecule has 2 aromatic heterocycles. The number of pyridine rings is 1. The summed E-state index contributed by atoms with van der Waals surface area (Å²) in [7, 11) is 3.09. The van der Waals surface area contributed by atoms with Crippen LogP contribution in [-0.4, -0.2) is 46.1 Å². The summed E-state index contributed by atoms with van der Waals surface area (Å²) in [6.45, 7) is 0. The van der Waals surface area contributed by atoms with Crippen molar-refractivity contribution in [2.45, 2.75) is 12.8 Å². The largest absolute Gasteiger partial charge is 0.494 e. The first-order valence-corrected chi connectivity index (χ1v) is 9.44. The zero-order valence-electron chi connectivity index (χ0n) is 16.5. The Bertz CT molecular complexity index is 1080. The molecule has 1 aliphatic rings. The highest BCUT2D eigenvalue weighted by atomic mass is 16.5. The molecule has 1 fully saturated rings. The van der Waals surface area contributed by atoms with Crippen molar-refractivity contribution in [2.75, 3.05) is 24.8 Å². The molecule has 0 saturated heterocycles. The van der Waals surface area contributed by atoms with Crippen molar-refractivity contribution >= 4 is 29.0 Å². The second-order valence-electron chi connectivity index (χ2n) is 6.81. The Morgan fingerprint density at radius 1 is 1.23 bits per heavy atom. The van der Waals surface area contributed by atoms with Gasteiger partial charge in [0.15, 0.2) is 11.6 Å². The molecule has 3 aromatic rings. The number of carbonyl (C=O) groups excluding carboxylic acids is 2. The molecule has 10 heteroatoms. The van der Waals surface area contributed by atoms with Gasteiger partial charge < -0.3 is 25.7 Å². The molecule has 1 aromatic carbocycles. The lowest BCUT2D eigenvalue weighted by atomic mass is 10.1. The van der Waals surface area contributed by atoms with E-state index in [1.54, 1.807) is 20.2 Å². The first-order chi connectivity index (χ1) is 14.6. The number of anilines is 3. The van der Waals surface area contributed by atoms with Gasteiger partial charge in [-0.15, -0.1) is 10.2 Å². The smallest absolute Gasteiger partial charge is 0.254 e. The van der Waals surface area contributed by atoms with Gasteiger partial charge in [0, 0.05) is 25.2 Å². The lowest BCUT2D eigenvalue weighted by molar-refractivity contribution is -0.117. The van der Waals surface area contributed by atoms with Crippen LogP contribution in [0, 0.1) is 5.92 Å². The van der Waals surface area contributed by atoms with Gasteiger partial charge in [0.1, 0.15) is 12.1 Å². The SMILES string of the molecule is CNC(=O)c1cnc(NC(=O)C2CC2)cc1Nc1cccc(-c2nnc[nH]2)c1OC. The third kappa shape index (κ3) is 3.93. The number of rotatable bonds is 7. The summed E-state index contributed by atoms with van der Waals surface area (Å²) in [5, 5.41) is 16.5. The predicted molar refractivity (Wildman–Crippen MR) is 111 cm³/mol. The van der Waals surface area contributed by atoms with Crippen LogP contribution in [0.2, 0.25) is 0 Å². The monoisotopic (exact) mass is 407 g/mol. The van der Waals surface area contributed by atoms with E-state index >= 15 is 0 Å². The third-order valence-electron chi connectivity index (χ3n) is 4.74. The van der Waals surface area contributed by atoms with Crippen molar-refractivity contribution < 1.29 is 14.3 Å². The van der Waals surface area contributed by atoms with Crippen LogP contribution in [-0.2, 0) is 4.79 Å². The van der Waals surface area contributed by atoms with Gasteiger partial charge >= 0.3 is 0 Å². The predicted octanol–water partition coefficient (Wildman–Crippen LogP) is 2.33. The van der Waals surface area contributed by atoms with Gasteiger partial charge in [-0.2, -0.15) is 0 Å². The van der Waals surface area contributed by atoms with E-state index in [1.165, 1.54) is 12.5 Å². The molecule has 2 heterocycles. The lowest BCUT2D eigenvalue weighted by Gasteiger charge is -2.17. The molecule has 0 radical (unpaired) electrons. The van der Waals surface area contributed by atoms with Crippen molar-refractivity contribution in [1.82, 2.24) is 25.5 Å². The van der Waals surface area contributed by atoms with Crippen molar-refractivity contribution in [3.63, 3.8) is 0 Å². The van der Waals surface area contributed by atoms with Gasteiger partial charge in [0.05, 0.1) is 29.6 Å². The van der Waals surface area contributed by atoms with Crippen LogP contribution in [0.5, 0.6) is 5.75 Å². The number of methoxy groups -OCH3 is 1. The molecule has 0 spiro atoms. The first-order valence-electron chi connectivity index (χ1n) is 9.44. The van der Waals surface area contributed by atoms with Crippen LogP contribution in [0.3, 0.4) is 0 Å². The number of aromatic amines is 1. The van der Waals surface area contributed by atoms with E-state index in [-0.39, 0.29) is 17.7 Å². The van der Waals surface area contributed by atoms with Gasteiger partial charge in [-0.3, -0.25) is 9.59 Å². The molecule has 10 nitrogen and oxygen atoms in total. The summed E-state index contributed by atoms with van der Waals surface area (Å²) >= 11 is 0. The number of benzene rings is 1. The Kier molecular flexibility index (Phi) is 5.29. The topological polar surface area (TPSA) is 134 Å². The van der Waals surface area contributed by atoms with E-state index in [0.29, 0.717) is 39.9 Å². The maximum absolute atomic E-state index is 12.4. The summed E-state index contributed by atoms with van der Waals surface area (Å²) in [5.74, 6) is 1.11. The molecule has 154 valence electrons. The second kappa shape index (κ2) is 8.19. The van der Waals surface area contributed by atoms with Gasteiger partial charge in [-0.25, -0.2) is 4.98 Å². The van der Waals surface area contributed by atoms with Crippen LogP contribution in [0.25, 0.3) is 11.4 Å². The standard InChI is InChI=1S/C20H21N7O3/c1-21-20(29)13-9-22-16(26-19(28)11-6-7-11)8-15(13)25-14-5-3-4-12(17(14)30-2)18-23-10-24-27-18/h3-5,8-11H,6-7H2,1-2H3,(H,21,29)(H,23,24,27)(H2,22,25,26,28). The normalized spacial score (nSPS) is 12.9. The fourth-order valence-electron chi connectivity index (χ4n) is 3.04. The van der Waals surface area contributed by atoms with Gasteiger partial charge in [-0.1, -0.05) is 6.07 Å². The van der Waals surface area contributed by atoms with Crippen LogP contribution < -0.4 is 20.7 Å². The van der Waals surface area contributed by atoms with Crippen molar-refractivity contribution in [3.05, 3.63) is 42.4 Å². The number of para-hydroxylation sites is 1. The number of ether oxygens (including phenoxy) is 1. The molecule has 0 unspecified atom stereocenters. The molecule has 0 aliphatic heterocycles. The fraction of sp³-hybridized carbons (Fsp3) is 0.250. The van der Waals surface area contributed by atoms with Gasteiger partial charge in [0.25, 0.3) is 5.91 Å². The third-order valence-corrected chi connectivity index (χ3v) is 4.74. The van der Waals surface area contributed by atoms with E-state index in [2.05, 4.69) is 36.1 Å². The number of carbonyl (C=O) groups is 2. The first kappa shape index (κ1) is 19.4. The summed E-state index contributed by atoms with van der Waals surface area (Å²) in [6.07, 6.45) is 4.69. The highest BCUT2D eigenvalue weighted by Crippen LogP contribution is 2.37. The summed E-state index contributed by atoms with van der Waals surface area (Å²) in [4.78, 5) is 31.6. The van der Waals surface area contributed by atoms with Crippen molar-refractivity contribution in [3.8, 4) is 17.1 Å². The average Bonchev–Trinajstić information content (AvgIpc) is 3.48. The summed E-state index contributed by atoms with van der Waals surface area (Å²) < 4.78 is 5.60. The zero-order chi connectivity index (χ0) is 21.1. The number of aromatic nitrogens is 4. The number of nitrogens with one attached hydrogen (secondary N) is 4. The maximum Gasteiger partial charge on any atom is 0.254 e. The van der Waals surface area contributed by atoms with Gasteiger partial charge in [0.2, 0.25) is 5.91 Å². The molecule has 1 aliphatic carbocycles. The van der Waals surface area contributed by atoms with Crippen molar-refractivity contribution in [2.24, 2.45) is 5.92 Å². The Hall–Kier alpha value is -3.95. The minimum Gasteiger partial charge on any atom is -0.494 e. The lowest BCUT2D eigenvalue weighted by Crippen LogP contribution is -2.20. The van der Waals surface area contributed by atoms with Crippen LogP contribution in [0.1, 0.15) is 23.2 Å². The summed E-state index contributed by atoms with van der Waals surface area (Å²) in [6, 6.07) is 7.12. The Morgan fingerprint density at radius 3 is 2.73 bits per heavy atom. The van der Waals surface area contributed by atoms with E-state index < -0.39 is 0 Å². The number of hydrogen-bond donors (Lipinski definition) is 4. The Labute approximate surface area is 172 Å². The Balaban J connectivity index is 1.71. The minimum atomic E-state index is -0.310. The average molecular weight is 407 g/mol. The molecule has 4 rings (SSSR count). The van der Waals surface area contributed by atoms with E-state index in [4.69, 9.17) is 4.74 Å². The molecule has 0 bridgehead atoms. The van der Waals surface area contributed by atoms with E-state index in [9.17, 15) is 9.59 Å². The van der Waals surface area contributed by atoms with Crippen LogP contribution >= 0.6 is 0 Å². The molecular formula is C20H21N7O3. The minimum absolute atomic E-state index is 0.0421. The van der Waals surface area contributed by atoms with Crippen molar-refractivity contribution in [1.29, 1.82) is 0 Å². The summed E-state index contributed by atoms with van der Waals surface area (Å²) in [5.41, 5.74) is 2.12. The molecule has 1 saturated carbocycles. The van der Waals surface area contributed by atoms with E-state index in [0.717, 1.165) is 12.8 Å². The molecule has 2 amide bonds. The number of amides is 2. The van der Waals surface area contributed by atoms with E-state index in [1.807, 2.05) is 18.2 Å². The highest BCUT2D eigenvalue weighted by Gasteiger charge is 2.30. The molecule has 4 N–H and O–H groups in total.